The van der Waals surface area contributed by atoms with E-state index in [9.17, 15) is 14.8 Å². The van der Waals surface area contributed by atoms with Gasteiger partial charge in [0.25, 0.3) is 0 Å². The quantitative estimate of drug-likeness (QED) is 0.525. The lowest BCUT2D eigenvalue weighted by Crippen LogP contribution is -2.63. The summed E-state index contributed by atoms with van der Waals surface area (Å²) in [5.41, 5.74) is 4.70. The molecule has 0 aromatic heterocycles. The smallest absolute Gasteiger partial charge is 0.412 e. The Kier molecular flexibility index (Phi) is 5.53. The van der Waals surface area contributed by atoms with Crippen molar-refractivity contribution >= 4 is 12.0 Å². The van der Waals surface area contributed by atoms with Crippen molar-refractivity contribution in [1.82, 2.24) is 4.90 Å². The molecule has 4 rings (SSSR count). The van der Waals surface area contributed by atoms with Crippen molar-refractivity contribution in [2.75, 3.05) is 13.1 Å². The van der Waals surface area contributed by atoms with Gasteiger partial charge in [0.2, 0.25) is 18.0 Å². The predicted molar refractivity (Wildman–Crippen MR) is 104 cm³/mol. The van der Waals surface area contributed by atoms with E-state index >= 15 is 0 Å². The molecule has 3 saturated heterocycles. The van der Waals surface area contributed by atoms with Gasteiger partial charge in [-0.05, 0) is 44.4 Å². The normalized spacial score (nSPS) is 45.0. The third-order valence-corrected chi connectivity index (χ3v) is 8.00. The molecule has 0 aromatic carbocycles. The van der Waals surface area contributed by atoms with Crippen LogP contribution in [0.4, 0.5) is 4.79 Å². The monoisotopic (exact) mass is 426 g/mol. The van der Waals surface area contributed by atoms with Crippen molar-refractivity contribution in [1.29, 1.82) is 0 Å². The van der Waals surface area contributed by atoms with Gasteiger partial charge in [0, 0.05) is 31.3 Å². The summed E-state index contributed by atoms with van der Waals surface area (Å²) in [7, 11) is 0. The number of hydrogen-bond donors (Lipinski definition) is 2. The van der Waals surface area contributed by atoms with Gasteiger partial charge in [0.05, 0.1) is 5.41 Å². The molecule has 9 nitrogen and oxygen atoms in total. The second kappa shape index (κ2) is 7.62. The maximum Gasteiger partial charge on any atom is 0.412 e. The van der Waals surface area contributed by atoms with Crippen molar-refractivity contribution in [3.8, 4) is 0 Å². The largest absolute Gasteiger partial charge is 0.419 e. The number of carbonyl (C=O) groups excluding carboxylic acids is 2. The molecule has 0 aromatic rings. The molecule has 3 heterocycles. The average molecular weight is 427 g/mol. The standard InChI is InChI=1S/C21H34N2O7/c1-11-5-6-14-12(2)16(28-19(25)23-9-20(3,10-23)18(22)24)27-17-15(14)13(11)7-8-21(4,29-17)30-26/h11-17,26H,5-10H2,1-4H3,(H2,22,24)/t11-,12-,13+,14+,15?,16-,17-,21-/m1/s1. The van der Waals surface area contributed by atoms with E-state index in [1.54, 1.807) is 13.8 Å². The average Bonchev–Trinajstić information content (AvgIpc) is 2.82. The third kappa shape index (κ3) is 3.59. The minimum Gasteiger partial charge on any atom is -0.419 e. The Morgan fingerprint density at radius 2 is 1.83 bits per heavy atom. The first-order valence-electron chi connectivity index (χ1n) is 11.0. The summed E-state index contributed by atoms with van der Waals surface area (Å²) >= 11 is 0. The minimum absolute atomic E-state index is 0.0111. The van der Waals surface area contributed by atoms with Gasteiger partial charge in [0.15, 0.2) is 6.29 Å². The number of amides is 2. The second-order valence-corrected chi connectivity index (χ2v) is 10.2. The lowest BCUT2D eigenvalue weighted by molar-refractivity contribution is -0.442. The van der Waals surface area contributed by atoms with Gasteiger partial charge < -0.3 is 24.8 Å². The van der Waals surface area contributed by atoms with Gasteiger partial charge in [-0.1, -0.05) is 20.3 Å². The van der Waals surface area contributed by atoms with Crippen LogP contribution in [0.2, 0.25) is 0 Å². The zero-order chi connectivity index (χ0) is 21.8. The van der Waals surface area contributed by atoms with E-state index in [2.05, 4.69) is 18.7 Å². The summed E-state index contributed by atoms with van der Waals surface area (Å²) in [6, 6.07) is 0. The van der Waals surface area contributed by atoms with E-state index in [1.165, 1.54) is 4.90 Å². The summed E-state index contributed by atoms with van der Waals surface area (Å²) in [4.78, 5) is 30.3. The van der Waals surface area contributed by atoms with Gasteiger partial charge in [-0.2, -0.15) is 0 Å². The fourth-order valence-corrected chi connectivity index (χ4v) is 5.90. The third-order valence-electron chi connectivity index (χ3n) is 8.00. The van der Waals surface area contributed by atoms with Gasteiger partial charge in [0.1, 0.15) is 0 Å². The maximum atomic E-state index is 12.7. The first kappa shape index (κ1) is 21.8. The van der Waals surface area contributed by atoms with Crippen LogP contribution < -0.4 is 5.73 Å². The molecule has 0 radical (unpaired) electrons. The number of nitrogens with two attached hydrogens (primary N) is 1. The van der Waals surface area contributed by atoms with Crippen LogP contribution >= 0.6 is 0 Å². The first-order valence-corrected chi connectivity index (χ1v) is 11.0. The van der Waals surface area contributed by atoms with Crippen molar-refractivity contribution in [2.24, 2.45) is 40.7 Å². The Bertz CT molecular complexity index is 697. The molecule has 0 bridgehead atoms. The Hall–Kier alpha value is -1.42. The summed E-state index contributed by atoms with van der Waals surface area (Å²) in [5, 5.41) is 9.43. The van der Waals surface area contributed by atoms with Crippen LogP contribution in [0.1, 0.15) is 53.4 Å². The van der Waals surface area contributed by atoms with E-state index in [1.807, 2.05) is 0 Å². The van der Waals surface area contributed by atoms with Crippen LogP contribution in [0.25, 0.3) is 0 Å². The molecule has 1 aliphatic carbocycles. The molecular weight excluding hydrogens is 392 g/mol. The Balaban J connectivity index is 1.49. The zero-order valence-electron chi connectivity index (χ0n) is 18.2. The van der Waals surface area contributed by atoms with E-state index < -0.39 is 35.8 Å². The summed E-state index contributed by atoms with van der Waals surface area (Å²) in [6.45, 7) is 8.24. The summed E-state index contributed by atoms with van der Waals surface area (Å²) in [6.07, 6.45) is 1.67. The van der Waals surface area contributed by atoms with Crippen molar-refractivity contribution in [3.05, 3.63) is 0 Å². The lowest BCUT2D eigenvalue weighted by atomic mass is 9.61. The SMILES string of the molecule is C[C@H]1[C@@H](OC(=O)N2CC(C)(C(N)=O)C2)O[C@@H]2O[C@](C)(OO)CC[C@@H]3C2[C@H]1CC[C@H]3C. The van der Waals surface area contributed by atoms with Gasteiger partial charge in [-0.15, -0.1) is 0 Å². The number of hydrogen-bond acceptors (Lipinski definition) is 7. The summed E-state index contributed by atoms with van der Waals surface area (Å²) in [5.74, 6) is -0.181. The zero-order valence-corrected chi connectivity index (χ0v) is 18.2. The number of ether oxygens (including phenoxy) is 3. The van der Waals surface area contributed by atoms with Crippen molar-refractivity contribution in [2.45, 2.75) is 71.7 Å². The van der Waals surface area contributed by atoms with Crippen molar-refractivity contribution in [3.63, 3.8) is 0 Å². The highest BCUT2D eigenvalue weighted by Gasteiger charge is 2.56. The molecule has 3 N–H and O–H groups in total. The number of primary amides is 1. The van der Waals surface area contributed by atoms with Gasteiger partial charge in [-0.3, -0.25) is 4.79 Å². The van der Waals surface area contributed by atoms with E-state index in [0.717, 1.165) is 19.3 Å². The molecule has 8 atom stereocenters. The highest BCUT2D eigenvalue weighted by Crippen LogP contribution is 2.53. The Morgan fingerprint density at radius 3 is 2.47 bits per heavy atom. The molecule has 1 saturated carbocycles. The van der Waals surface area contributed by atoms with Crippen LogP contribution in [0, 0.1) is 35.0 Å². The van der Waals surface area contributed by atoms with Crippen LogP contribution in [-0.2, 0) is 23.9 Å². The van der Waals surface area contributed by atoms with Crippen LogP contribution in [0.3, 0.4) is 0 Å². The molecule has 0 spiro atoms. The van der Waals surface area contributed by atoms with Gasteiger partial charge >= 0.3 is 6.09 Å². The number of nitrogens with zero attached hydrogens (tertiary/aromatic N) is 1. The molecule has 1 unspecified atom stereocenters. The number of rotatable bonds is 3. The van der Waals surface area contributed by atoms with Crippen LogP contribution in [-0.4, -0.2) is 53.6 Å². The lowest BCUT2D eigenvalue weighted by Gasteiger charge is -2.52. The minimum atomic E-state index is -1.15. The van der Waals surface area contributed by atoms with E-state index in [0.29, 0.717) is 18.3 Å². The number of likely N-dealkylation sites (tertiary alicyclic amines) is 1. The number of carbonyl (C=O) groups is 2. The topological polar surface area (TPSA) is 121 Å². The fourth-order valence-electron chi connectivity index (χ4n) is 5.90. The Labute approximate surface area is 177 Å². The first-order chi connectivity index (χ1) is 14.1. The second-order valence-electron chi connectivity index (χ2n) is 10.2. The molecule has 30 heavy (non-hydrogen) atoms. The summed E-state index contributed by atoms with van der Waals surface area (Å²) < 4.78 is 18.0. The highest BCUT2D eigenvalue weighted by molar-refractivity contribution is 5.84. The molecule has 9 heteroatoms. The van der Waals surface area contributed by atoms with E-state index in [-0.39, 0.29) is 30.8 Å². The van der Waals surface area contributed by atoms with Crippen LogP contribution in [0.5, 0.6) is 0 Å². The van der Waals surface area contributed by atoms with E-state index in [4.69, 9.17) is 19.9 Å². The molecular formula is C21H34N2O7. The molecule has 3 aliphatic heterocycles. The molecule has 4 aliphatic rings. The molecule has 4 fully saturated rings. The molecule has 2 amide bonds. The van der Waals surface area contributed by atoms with Gasteiger partial charge in [-0.25, -0.2) is 14.9 Å². The van der Waals surface area contributed by atoms with Crippen LogP contribution in [0.15, 0.2) is 0 Å². The predicted octanol–water partition coefficient (Wildman–Crippen LogP) is 2.54. The Morgan fingerprint density at radius 1 is 1.13 bits per heavy atom. The fraction of sp³-hybridized carbons (Fsp3) is 0.905. The highest BCUT2D eigenvalue weighted by atomic mass is 17.1. The van der Waals surface area contributed by atoms with Crippen molar-refractivity contribution < 1.29 is 33.9 Å². The maximum absolute atomic E-state index is 12.7. The molecule has 170 valence electrons.